The standard InChI is InChI=1S/C26H21ClF3N3O4/c1-15-6-3-4-7-20(15)33(2)25(36)24-18(11-17(27)12-21(24)37-9-5-8-23(34)35)19-14-32-22(26(28,29)30)10-16(19)13-31/h3-4,6-7,10-12,14H,5,8-9H2,1-2H3,(H,34,35). The third kappa shape index (κ3) is 6.37. The number of carbonyl (C=O) groups is 2. The fourth-order valence-corrected chi connectivity index (χ4v) is 3.88. The number of hydrogen-bond acceptors (Lipinski definition) is 5. The molecule has 37 heavy (non-hydrogen) atoms. The first-order chi connectivity index (χ1) is 17.4. The van der Waals surface area contributed by atoms with E-state index in [9.17, 15) is 28.0 Å². The van der Waals surface area contributed by atoms with Crippen molar-refractivity contribution in [2.75, 3.05) is 18.6 Å². The average Bonchev–Trinajstić information content (AvgIpc) is 2.84. The monoisotopic (exact) mass is 531 g/mol. The predicted molar refractivity (Wildman–Crippen MR) is 131 cm³/mol. The lowest BCUT2D eigenvalue weighted by Gasteiger charge is -2.23. The Hall–Kier alpha value is -4.10. The van der Waals surface area contributed by atoms with E-state index in [1.807, 2.05) is 0 Å². The van der Waals surface area contributed by atoms with Gasteiger partial charge in [0.05, 0.1) is 23.8 Å². The summed E-state index contributed by atoms with van der Waals surface area (Å²) in [5.74, 6) is -1.62. The van der Waals surface area contributed by atoms with Crippen molar-refractivity contribution in [3.8, 4) is 22.9 Å². The number of carboxylic acid groups (broad SMARTS) is 1. The molecule has 0 bridgehead atoms. The van der Waals surface area contributed by atoms with Crippen LogP contribution in [-0.4, -0.2) is 35.6 Å². The van der Waals surface area contributed by atoms with Crippen LogP contribution in [0.15, 0.2) is 48.7 Å². The van der Waals surface area contributed by atoms with Crippen LogP contribution in [-0.2, 0) is 11.0 Å². The first-order valence-electron chi connectivity index (χ1n) is 10.9. The number of aromatic nitrogens is 1. The van der Waals surface area contributed by atoms with Gasteiger partial charge in [-0.25, -0.2) is 0 Å². The van der Waals surface area contributed by atoms with E-state index < -0.39 is 23.7 Å². The zero-order chi connectivity index (χ0) is 27.3. The van der Waals surface area contributed by atoms with Crippen molar-refractivity contribution in [2.45, 2.75) is 25.9 Å². The van der Waals surface area contributed by atoms with Crippen LogP contribution in [0.4, 0.5) is 18.9 Å². The molecule has 0 saturated heterocycles. The summed E-state index contributed by atoms with van der Waals surface area (Å²) < 4.78 is 45.4. The van der Waals surface area contributed by atoms with Crippen molar-refractivity contribution in [3.05, 3.63) is 76.1 Å². The number of alkyl halides is 3. The number of nitrogens with zero attached hydrogens (tertiary/aromatic N) is 3. The highest BCUT2D eigenvalue weighted by Gasteiger charge is 2.34. The van der Waals surface area contributed by atoms with E-state index in [1.165, 1.54) is 24.1 Å². The fraction of sp³-hybridized carbons (Fsp3) is 0.231. The van der Waals surface area contributed by atoms with Gasteiger partial charge in [0.1, 0.15) is 11.4 Å². The molecule has 0 spiro atoms. The molecule has 0 fully saturated rings. The summed E-state index contributed by atoms with van der Waals surface area (Å²) in [5, 5.41) is 18.6. The van der Waals surface area contributed by atoms with Crippen molar-refractivity contribution >= 4 is 29.2 Å². The molecule has 0 atom stereocenters. The van der Waals surface area contributed by atoms with Gasteiger partial charge in [-0.05, 0) is 43.2 Å². The molecule has 7 nitrogen and oxygen atoms in total. The van der Waals surface area contributed by atoms with Crippen molar-refractivity contribution in [2.24, 2.45) is 0 Å². The van der Waals surface area contributed by atoms with Gasteiger partial charge in [-0.3, -0.25) is 14.6 Å². The number of aliphatic carboxylic acids is 1. The molecule has 0 saturated carbocycles. The maximum absolute atomic E-state index is 13.8. The van der Waals surface area contributed by atoms with Crippen molar-refractivity contribution < 1.29 is 32.6 Å². The number of pyridine rings is 1. The van der Waals surface area contributed by atoms with Crippen LogP contribution in [0.2, 0.25) is 5.02 Å². The first kappa shape index (κ1) is 27.5. The van der Waals surface area contributed by atoms with E-state index in [-0.39, 0.29) is 52.5 Å². The second-order valence-electron chi connectivity index (χ2n) is 8.05. The topological polar surface area (TPSA) is 104 Å². The molecule has 1 heterocycles. The number of halogens is 4. The molecule has 1 aromatic heterocycles. The Morgan fingerprint density at radius 1 is 1.19 bits per heavy atom. The number of benzene rings is 2. The molecule has 0 radical (unpaired) electrons. The quantitative estimate of drug-likeness (QED) is 0.351. The summed E-state index contributed by atoms with van der Waals surface area (Å²) >= 11 is 6.28. The van der Waals surface area contributed by atoms with Gasteiger partial charge < -0.3 is 14.7 Å². The molecule has 0 aliphatic heterocycles. The SMILES string of the molecule is Cc1ccccc1N(C)C(=O)c1c(OCCCC(=O)O)cc(Cl)cc1-c1cnc(C(F)(F)F)cc1C#N. The smallest absolute Gasteiger partial charge is 0.433 e. The second-order valence-corrected chi connectivity index (χ2v) is 8.48. The van der Waals surface area contributed by atoms with E-state index in [4.69, 9.17) is 21.4 Å². The third-order valence-electron chi connectivity index (χ3n) is 5.46. The number of amides is 1. The largest absolute Gasteiger partial charge is 0.493 e. The molecule has 0 aliphatic carbocycles. The number of ether oxygens (including phenoxy) is 1. The highest BCUT2D eigenvalue weighted by Crippen LogP contribution is 2.39. The predicted octanol–water partition coefficient (Wildman–Crippen LogP) is 6.12. The molecule has 0 unspecified atom stereocenters. The lowest BCUT2D eigenvalue weighted by molar-refractivity contribution is -0.141. The molecule has 11 heteroatoms. The van der Waals surface area contributed by atoms with Crippen LogP contribution in [0.1, 0.15) is 40.0 Å². The van der Waals surface area contributed by atoms with Crippen LogP contribution in [0.5, 0.6) is 5.75 Å². The number of nitriles is 1. The minimum absolute atomic E-state index is 0.0119. The number of carbonyl (C=O) groups excluding carboxylic acids is 1. The van der Waals surface area contributed by atoms with E-state index in [2.05, 4.69) is 4.98 Å². The fourth-order valence-electron chi connectivity index (χ4n) is 3.67. The zero-order valence-corrected chi connectivity index (χ0v) is 20.5. The number of carboxylic acids is 1. The first-order valence-corrected chi connectivity index (χ1v) is 11.3. The number of aryl methyl sites for hydroxylation is 1. The van der Waals surface area contributed by atoms with Gasteiger partial charge >= 0.3 is 12.1 Å². The average molecular weight is 532 g/mol. The molecule has 3 aromatic rings. The Bertz CT molecular complexity index is 1390. The third-order valence-corrected chi connectivity index (χ3v) is 5.68. The van der Waals surface area contributed by atoms with Gasteiger partial charge in [0.25, 0.3) is 5.91 Å². The van der Waals surface area contributed by atoms with Crippen molar-refractivity contribution in [3.63, 3.8) is 0 Å². The Balaban J connectivity index is 2.21. The molecule has 1 N–H and O–H groups in total. The van der Waals surface area contributed by atoms with Gasteiger partial charge in [-0.15, -0.1) is 0 Å². The minimum atomic E-state index is -4.78. The van der Waals surface area contributed by atoms with Gasteiger partial charge in [0.2, 0.25) is 0 Å². The van der Waals surface area contributed by atoms with E-state index in [1.54, 1.807) is 37.3 Å². The maximum Gasteiger partial charge on any atom is 0.433 e. The molecular weight excluding hydrogens is 511 g/mol. The molecular formula is C26H21ClF3N3O4. The molecule has 192 valence electrons. The Kier molecular flexibility index (Phi) is 8.40. The molecule has 0 aliphatic rings. The van der Waals surface area contributed by atoms with E-state index in [0.717, 1.165) is 11.8 Å². The van der Waals surface area contributed by atoms with Gasteiger partial charge in [-0.1, -0.05) is 29.8 Å². The van der Waals surface area contributed by atoms with E-state index >= 15 is 0 Å². The number of para-hydroxylation sites is 1. The lowest BCUT2D eigenvalue weighted by Crippen LogP contribution is -2.28. The van der Waals surface area contributed by atoms with Gasteiger partial charge in [-0.2, -0.15) is 18.4 Å². The second kappa shape index (κ2) is 11.3. The van der Waals surface area contributed by atoms with E-state index in [0.29, 0.717) is 11.8 Å². The van der Waals surface area contributed by atoms with Crippen LogP contribution in [0.3, 0.4) is 0 Å². The van der Waals surface area contributed by atoms with Crippen molar-refractivity contribution in [1.29, 1.82) is 5.26 Å². The Labute approximate surface area is 215 Å². The summed E-state index contributed by atoms with van der Waals surface area (Å²) in [6, 6.07) is 12.1. The summed E-state index contributed by atoms with van der Waals surface area (Å²) in [4.78, 5) is 29.5. The summed E-state index contributed by atoms with van der Waals surface area (Å²) in [7, 11) is 1.52. The minimum Gasteiger partial charge on any atom is -0.493 e. The number of hydrogen-bond donors (Lipinski definition) is 1. The lowest BCUT2D eigenvalue weighted by atomic mass is 9.95. The summed E-state index contributed by atoms with van der Waals surface area (Å²) in [6.07, 6.45) is -3.96. The van der Waals surface area contributed by atoms with Crippen molar-refractivity contribution in [1.82, 2.24) is 4.98 Å². The highest BCUT2D eigenvalue weighted by atomic mass is 35.5. The van der Waals surface area contributed by atoms with Gasteiger partial charge in [0.15, 0.2) is 0 Å². The van der Waals surface area contributed by atoms with Crippen LogP contribution in [0, 0.1) is 18.3 Å². The van der Waals surface area contributed by atoms with Crippen LogP contribution in [0.25, 0.3) is 11.1 Å². The summed E-state index contributed by atoms with van der Waals surface area (Å²) in [6.45, 7) is 1.73. The maximum atomic E-state index is 13.8. The number of anilines is 1. The van der Waals surface area contributed by atoms with Gasteiger partial charge in [0, 0.05) is 41.5 Å². The van der Waals surface area contributed by atoms with Crippen LogP contribution >= 0.6 is 11.6 Å². The van der Waals surface area contributed by atoms with Crippen LogP contribution < -0.4 is 9.64 Å². The normalized spacial score (nSPS) is 11.1. The highest BCUT2D eigenvalue weighted by molar-refractivity contribution is 6.31. The number of rotatable bonds is 8. The Morgan fingerprint density at radius 3 is 2.51 bits per heavy atom. The molecule has 1 amide bonds. The molecule has 3 rings (SSSR count). The Morgan fingerprint density at radius 2 is 1.89 bits per heavy atom. The molecule has 2 aromatic carbocycles. The zero-order valence-electron chi connectivity index (χ0n) is 19.8. The summed E-state index contributed by atoms with van der Waals surface area (Å²) in [5.41, 5.74) is -0.343.